The van der Waals surface area contributed by atoms with Crippen LogP contribution in [0.25, 0.3) is 0 Å². The highest BCUT2D eigenvalue weighted by Crippen LogP contribution is 2.39. The lowest BCUT2D eigenvalue weighted by Gasteiger charge is -2.37. The first-order valence-corrected chi connectivity index (χ1v) is 9.52. The van der Waals surface area contributed by atoms with Crippen LogP contribution in [0.1, 0.15) is 29.7 Å². The smallest absolute Gasteiger partial charge is 0.314 e. The van der Waals surface area contributed by atoms with Gasteiger partial charge >= 0.3 is 5.97 Å². The molecule has 1 heterocycles. The number of hydrogen-bond donors (Lipinski definition) is 2. The van der Waals surface area contributed by atoms with E-state index in [1.54, 1.807) is 0 Å². The van der Waals surface area contributed by atoms with Crippen LogP contribution in [0, 0.1) is 5.92 Å². The largest absolute Gasteiger partial charge is 0.457 e. The minimum atomic E-state index is -0.812. The number of carbonyl (C=O) groups is 1. The van der Waals surface area contributed by atoms with Crippen molar-refractivity contribution in [3.8, 4) is 0 Å². The molecule has 4 atom stereocenters. The van der Waals surface area contributed by atoms with Crippen molar-refractivity contribution < 1.29 is 14.6 Å². The molecule has 0 spiro atoms. The monoisotopic (exact) mass is 373 g/mol. The molecule has 3 aromatic carbocycles. The first-order chi connectivity index (χ1) is 13.7. The molecular formula is C24H23NO3. The van der Waals surface area contributed by atoms with Gasteiger partial charge in [0.25, 0.3) is 0 Å². The first kappa shape index (κ1) is 18.3. The number of aliphatic hydroxyl groups is 1. The Kier molecular flexibility index (Phi) is 5.40. The van der Waals surface area contributed by atoms with Crippen LogP contribution in [0.2, 0.25) is 0 Å². The summed E-state index contributed by atoms with van der Waals surface area (Å²) in [6.07, 6.45) is -0.860. The molecule has 142 valence electrons. The van der Waals surface area contributed by atoms with Crippen LogP contribution in [0.4, 0.5) is 5.69 Å². The van der Waals surface area contributed by atoms with Gasteiger partial charge < -0.3 is 15.2 Å². The Morgan fingerprint density at radius 2 is 1.43 bits per heavy atom. The molecule has 0 aromatic heterocycles. The SMILES string of the molecule is O=C1OC(c2ccccc2)CC(O)C1C(Nc1ccccc1)c1ccccc1. The van der Waals surface area contributed by atoms with Gasteiger partial charge in [0.15, 0.2) is 0 Å². The van der Waals surface area contributed by atoms with Crippen molar-refractivity contribution in [3.05, 3.63) is 102 Å². The predicted molar refractivity (Wildman–Crippen MR) is 109 cm³/mol. The van der Waals surface area contributed by atoms with Crippen LogP contribution in [-0.4, -0.2) is 17.2 Å². The minimum absolute atomic E-state index is 0.375. The maximum atomic E-state index is 13.0. The fraction of sp³-hybridized carbons (Fsp3) is 0.208. The highest BCUT2D eigenvalue weighted by atomic mass is 16.5. The van der Waals surface area contributed by atoms with E-state index in [-0.39, 0.29) is 12.0 Å². The predicted octanol–water partition coefficient (Wildman–Crippen LogP) is 4.51. The van der Waals surface area contributed by atoms with Crippen molar-refractivity contribution in [3.63, 3.8) is 0 Å². The summed E-state index contributed by atoms with van der Waals surface area (Å²) in [5.41, 5.74) is 2.73. The lowest BCUT2D eigenvalue weighted by molar-refractivity contribution is -0.171. The summed E-state index contributed by atoms with van der Waals surface area (Å²) >= 11 is 0. The molecule has 2 N–H and O–H groups in total. The number of esters is 1. The van der Waals surface area contributed by atoms with Crippen LogP contribution in [-0.2, 0) is 9.53 Å². The van der Waals surface area contributed by atoms with Crippen molar-refractivity contribution in [2.24, 2.45) is 5.92 Å². The van der Waals surface area contributed by atoms with E-state index in [0.29, 0.717) is 6.42 Å². The molecule has 0 radical (unpaired) electrons. The molecule has 0 aliphatic carbocycles. The average molecular weight is 373 g/mol. The molecule has 3 aromatic rings. The number of cyclic esters (lactones) is 1. The first-order valence-electron chi connectivity index (χ1n) is 9.52. The summed E-state index contributed by atoms with van der Waals surface area (Å²) in [6, 6.07) is 28.6. The normalized spacial score (nSPS) is 22.9. The lowest BCUT2D eigenvalue weighted by Crippen LogP contribution is -2.43. The number of ether oxygens (including phenoxy) is 1. The number of nitrogens with one attached hydrogen (secondary N) is 1. The summed E-state index contributed by atoms with van der Waals surface area (Å²) in [5.74, 6) is -1.08. The van der Waals surface area contributed by atoms with Gasteiger partial charge in [0, 0.05) is 12.1 Å². The van der Waals surface area contributed by atoms with Gasteiger partial charge in [-0.05, 0) is 23.3 Å². The summed E-state index contributed by atoms with van der Waals surface area (Å²) < 4.78 is 5.76. The van der Waals surface area contributed by atoms with Crippen LogP contribution in [0.5, 0.6) is 0 Å². The molecular weight excluding hydrogens is 350 g/mol. The number of anilines is 1. The van der Waals surface area contributed by atoms with E-state index >= 15 is 0 Å². The van der Waals surface area contributed by atoms with Crippen molar-refractivity contribution in [1.82, 2.24) is 0 Å². The second-order valence-electron chi connectivity index (χ2n) is 7.06. The molecule has 1 saturated heterocycles. The molecule has 1 aliphatic heterocycles. The van der Waals surface area contributed by atoms with Crippen molar-refractivity contribution in [1.29, 1.82) is 0 Å². The number of para-hydroxylation sites is 1. The number of hydrogen-bond acceptors (Lipinski definition) is 4. The molecule has 4 heteroatoms. The average Bonchev–Trinajstić information content (AvgIpc) is 2.74. The van der Waals surface area contributed by atoms with Gasteiger partial charge in [-0.15, -0.1) is 0 Å². The second kappa shape index (κ2) is 8.28. The number of rotatable bonds is 5. The Morgan fingerprint density at radius 1 is 0.857 bits per heavy atom. The quantitative estimate of drug-likeness (QED) is 0.646. The van der Waals surface area contributed by atoms with E-state index in [9.17, 15) is 9.90 Å². The van der Waals surface area contributed by atoms with E-state index in [1.165, 1.54) is 0 Å². The third kappa shape index (κ3) is 3.92. The summed E-state index contributed by atoms with van der Waals surface area (Å²) in [4.78, 5) is 13.0. The Morgan fingerprint density at radius 3 is 2.04 bits per heavy atom. The van der Waals surface area contributed by atoms with Crippen LogP contribution in [0.3, 0.4) is 0 Å². The fourth-order valence-electron chi connectivity index (χ4n) is 3.77. The zero-order valence-electron chi connectivity index (χ0n) is 15.4. The van der Waals surface area contributed by atoms with Gasteiger partial charge in [-0.1, -0.05) is 78.9 Å². The summed E-state index contributed by atoms with van der Waals surface area (Å²) in [5, 5.41) is 14.4. The van der Waals surface area contributed by atoms with Gasteiger partial charge in [0.1, 0.15) is 12.0 Å². The number of benzene rings is 3. The summed E-state index contributed by atoms with van der Waals surface area (Å²) in [7, 11) is 0. The number of aliphatic hydroxyl groups excluding tert-OH is 1. The third-order valence-corrected chi connectivity index (χ3v) is 5.19. The molecule has 28 heavy (non-hydrogen) atoms. The molecule has 4 unspecified atom stereocenters. The highest BCUT2D eigenvalue weighted by molar-refractivity contribution is 5.76. The van der Waals surface area contributed by atoms with Crippen molar-refractivity contribution in [2.75, 3.05) is 5.32 Å². The van der Waals surface area contributed by atoms with Crippen molar-refractivity contribution in [2.45, 2.75) is 24.7 Å². The van der Waals surface area contributed by atoms with Crippen molar-refractivity contribution >= 4 is 11.7 Å². The molecule has 0 bridgehead atoms. The van der Waals surface area contributed by atoms with Crippen LogP contribution >= 0.6 is 0 Å². The topological polar surface area (TPSA) is 58.6 Å². The van der Waals surface area contributed by atoms with Gasteiger partial charge in [0.05, 0.1) is 12.1 Å². The van der Waals surface area contributed by atoms with Gasteiger partial charge in [-0.2, -0.15) is 0 Å². The zero-order chi connectivity index (χ0) is 19.3. The fourth-order valence-corrected chi connectivity index (χ4v) is 3.77. The number of carbonyl (C=O) groups excluding carboxylic acids is 1. The van der Waals surface area contributed by atoms with E-state index in [1.807, 2.05) is 91.0 Å². The molecule has 0 saturated carbocycles. The van der Waals surface area contributed by atoms with Gasteiger partial charge in [0.2, 0.25) is 0 Å². The molecule has 4 rings (SSSR count). The Bertz CT molecular complexity index is 899. The van der Waals surface area contributed by atoms with Gasteiger partial charge in [-0.25, -0.2) is 0 Å². The Labute approximate surface area is 164 Å². The van der Waals surface area contributed by atoms with E-state index in [2.05, 4.69) is 5.32 Å². The molecule has 0 amide bonds. The Balaban J connectivity index is 1.62. The van der Waals surface area contributed by atoms with E-state index in [4.69, 9.17) is 4.74 Å². The van der Waals surface area contributed by atoms with Gasteiger partial charge in [-0.3, -0.25) is 4.79 Å². The Hall–Kier alpha value is -3.11. The van der Waals surface area contributed by atoms with Crippen LogP contribution in [0.15, 0.2) is 91.0 Å². The van der Waals surface area contributed by atoms with E-state index < -0.39 is 18.1 Å². The minimum Gasteiger partial charge on any atom is -0.457 e. The molecule has 4 nitrogen and oxygen atoms in total. The third-order valence-electron chi connectivity index (χ3n) is 5.19. The van der Waals surface area contributed by atoms with Crippen LogP contribution < -0.4 is 5.32 Å². The summed E-state index contributed by atoms with van der Waals surface area (Å²) in [6.45, 7) is 0. The molecule has 1 aliphatic rings. The maximum absolute atomic E-state index is 13.0. The highest BCUT2D eigenvalue weighted by Gasteiger charge is 2.43. The standard InChI is InChI=1S/C24H23NO3/c26-20-16-21(17-10-4-1-5-11-17)28-24(27)22(20)23(18-12-6-2-7-13-18)25-19-14-8-3-9-15-19/h1-15,20-23,25-26H,16H2. The second-order valence-corrected chi connectivity index (χ2v) is 7.06. The maximum Gasteiger partial charge on any atom is 0.314 e. The van der Waals surface area contributed by atoms with E-state index in [0.717, 1.165) is 16.8 Å². The zero-order valence-corrected chi connectivity index (χ0v) is 15.4. The lowest BCUT2D eigenvalue weighted by atomic mass is 9.83. The molecule has 1 fully saturated rings.